The number of nitrogens with one attached hydrogen (secondary N) is 1. The highest BCUT2D eigenvalue weighted by molar-refractivity contribution is 5.84. The van der Waals surface area contributed by atoms with Crippen LogP contribution in [-0.4, -0.2) is 43.9 Å². The number of benzene rings is 1. The third kappa shape index (κ3) is 3.58. The Kier molecular flexibility index (Phi) is 4.91. The fourth-order valence-electron chi connectivity index (χ4n) is 3.59. The topological polar surface area (TPSA) is 111 Å². The quantitative estimate of drug-likeness (QED) is 0.610. The van der Waals surface area contributed by atoms with Crippen molar-refractivity contribution < 1.29 is 9.84 Å². The summed E-state index contributed by atoms with van der Waals surface area (Å²) in [5.74, 6) is 1.05. The third-order valence-corrected chi connectivity index (χ3v) is 4.92. The fourth-order valence-corrected chi connectivity index (χ4v) is 3.59. The second-order valence-electron chi connectivity index (χ2n) is 6.96. The Morgan fingerprint density at radius 1 is 1.30 bits per heavy atom. The first kappa shape index (κ1) is 17.7. The highest BCUT2D eigenvalue weighted by Crippen LogP contribution is 2.36. The molecular formula is C19H24N6O2. The molecule has 8 heteroatoms. The summed E-state index contributed by atoms with van der Waals surface area (Å²) < 4.78 is 7.83. The molecule has 0 amide bonds. The van der Waals surface area contributed by atoms with E-state index in [-0.39, 0.29) is 30.8 Å². The van der Waals surface area contributed by atoms with Gasteiger partial charge in [-0.05, 0) is 18.4 Å². The van der Waals surface area contributed by atoms with E-state index >= 15 is 0 Å². The number of nitrogens with zero attached hydrogens (tertiary/aromatic N) is 4. The lowest BCUT2D eigenvalue weighted by Gasteiger charge is -2.17. The predicted octanol–water partition coefficient (Wildman–Crippen LogP) is 1.98. The zero-order valence-corrected chi connectivity index (χ0v) is 15.2. The Bertz CT molecular complexity index is 913. The molecule has 1 fully saturated rings. The van der Waals surface area contributed by atoms with Crippen LogP contribution in [0.15, 0.2) is 36.7 Å². The Labute approximate surface area is 157 Å². The maximum atomic E-state index is 9.39. The molecule has 2 aromatic heterocycles. The van der Waals surface area contributed by atoms with E-state index < -0.39 is 0 Å². The zero-order chi connectivity index (χ0) is 18.8. The van der Waals surface area contributed by atoms with E-state index in [2.05, 4.69) is 39.3 Å². The normalized spacial score (nSPS) is 22.4. The van der Waals surface area contributed by atoms with Crippen molar-refractivity contribution in [2.45, 2.75) is 32.1 Å². The summed E-state index contributed by atoms with van der Waals surface area (Å²) >= 11 is 0. The van der Waals surface area contributed by atoms with Crippen LogP contribution in [0.5, 0.6) is 0 Å². The molecule has 4 N–H and O–H groups in total. The molecule has 8 nitrogen and oxygen atoms in total. The number of hydrogen-bond acceptors (Lipinski definition) is 7. The molecular weight excluding hydrogens is 344 g/mol. The number of nitrogen functional groups attached to an aromatic ring is 1. The number of nitrogens with two attached hydrogens (primary N) is 1. The zero-order valence-electron chi connectivity index (χ0n) is 15.2. The molecule has 1 aliphatic rings. The summed E-state index contributed by atoms with van der Waals surface area (Å²) in [7, 11) is 0. The van der Waals surface area contributed by atoms with Crippen molar-refractivity contribution in [3.8, 4) is 0 Å². The average Bonchev–Trinajstić information content (AvgIpc) is 3.25. The number of anilines is 2. The molecule has 0 aliphatic carbocycles. The maximum Gasteiger partial charge on any atom is 0.224 e. The maximum absolute atomic E-state index is 9.39. The first-order valence-corrected chi connectivity index (χ1v) is 9.20. The molecule has 27 heavy (non-hydrogen) atoms. The van der Waals surface area contributed by atoms with E-state index in [1.54, 1.807) is 6.33 Å². The van der Waals surface area contributed by atoms with Gasteiger partial charge in [0.05, 0.1) is 19.0 Å². The number of rotatable bonds is 6. The number of fused-ring (bicyclic) bond motifs is 1. The number of ether oxygens (including phenoxy) is 1. The summed E-state index contributed by atoms with van der Waals surface area (Å²) in [6.07, 6.45) is 2.99. The van der Waals surface area contributed by atoms with E-state index in [4.69, 9.17) is 10.5 Å². The van der Waals surface area contributed by atoms with E-state index in [9.17, 15) is 5.11 Å². The Hall–Kier alpha value is -2.71. The predicted molar refractivity (Wildman–Crippen MR) is 103 cm³/mol. The van der Waals surface area contributed by atoms with Crippen molar-refractivity contribution in [2.75, 3.05) is 24.2 Å². The van der Waals surface area contributed by atoms with Crippen LogP contribution in [0, 0.1) is 5.92 Å². The van der Waals surface area contributed by atoms with Crippen LogP contribution in [0.1, 0.15) is 25.1 Å². The van der Waals surface area contributed by atoms with Gasteiger partial charge in [-0.1, -0.05) is 37.3 Å². The molecule has 1 aliphatic heterocycles. The second-order valence-corrected chi connectivity index (χ2v) is 6.96. The van der Waals surface area contributed by atoms with Crippen molar-refractivity contribution in [3.05, 3.63) is 42.2 Å². The SMILES string of the molecule is C[C@H]1C[C@@H](CO)OC1n1cnc2c(NCCc3ccccc3)nc(N)nc21. The van der Waals surface area contributed by atoms with Crippen LogP contribution in [0.3, 0.4) is 0 Å². The van der Waals surface area contributed by atoms with Gasteiger partial charge in [-0.2, -0.15) is 9.97 Å². The van der Waals surface area contributed by atoms with Gasteiger partial charge in [0, 0.05) is 12.5 Å². The van der Waals surface area contributed by atoms with Gasteiger partial charge in [-0.15, -0.1) is 0 Å². The Morgan fingerprint density at radius 3 is 2.85 bits per heavy atom. The highest BCUT2D eigenvalue weighted by Gasteiger charge is 2.34. The van der Waals surface area contributed by atoms with Gasteiger partial charge in [-0.25, -0.2) is 4.98 Å². The molecule has 3 aromatic rings. The molecule has 0 spiro atoms. The summed E-state index contributed by atoms with van der Waals surface area (Å²) in [6.45, 7) is 2.82. The molecule has 1 saturated heterocycles. The molecule has 1 unspecified atom stereocenters. The Morgan fingerprint density at radius 2 is 2.11 bits per heavy atom. The van der Waals surface area contributed by atoms with Gasteiger partial charge >= 0.3 is 0 Å². The number of hydrogen-bond donors (Lipinski definition) is 3. The van der Waals surface area contributed by atoms with Crippen molar-refractivity contribution >= 4 is 22.9 Å². The lowest BCUT2D eigenvalue weighted by molar-refractivity contribution is -0.0294. The standard InChI is InChI=1S/C19H24N6O2/c1-12-9-14(10-26)27-18(12)25-11-22-15-16(23-19(20)24-17(15)25)21-8-7-13-5-3-2-4-6-13/h2-6,11-12,14,18,26H,7-10H2,1H3,(H3,20,21,23,24)/t12-,14-,18?/m0/s1. The van der Waals surface area contributed by atoms with Crippen molar-refractivity contribution in [1.29, 1.82) is 0 Å². The van der Waals surface area contributed by atoms with E-state index in [1.165, 1.54) is 5.56 Å². The van der Waals surface area contributed by atoms with Gasteiger partial charge in [-0.3, -0.25) is 4.57 Å². The molecule has 3 heterocycles. The van der Waals surface area contributed by atoms with Crippen LogP contribution in [-0.2, 0) is 11.2 Å². The smallest absolute Gasteiger partial charge is 0.224 e. The Balaban J connectivity index is 1.57. The molecule has 4 rings (SSSR count). The third-order valence-electron chi connectivity index (χ3n) is 4.92. The van der Waals surface area contributed by atoms with Crippen LogP contribution >= 0.6 is 0 Å². The van der Waals surface area contributed by atoms with Gasteiger partial charge in [0.15, 0.2) is 17.0 Å². The number of aromatic nitrogens is 4. The van der Waals surface area contributed by atoms with E-state index in [0.29, 0.717) is 23.5 Å². The van der Waals surface area contributed by atoms with Crippen LogP contribution < -0.4 is 11.1 Å². The average molecular weight is 368 g/mol. The second kappa shape index (κ2) is 7.50. The highest BCUT2D eigenvalue weighted by atomic mass is 16.5. The van der Waals surface area contributed by atoms with Crippen LogP contribution in [0.4, 0.5) is 11.8 Å². The summed E-state index contributed by atoms with van der Waals surface area (Å²) in [5, 5.41) is 12.7. The van der Waals surface area contributed by atoms with E-state index in [1.807, 2.05) is 22.8 Å². The molecule has 0 radical (unpaired) electrons. The molecule has 0 bridgehead atoms. The van der Waals surface area contributed by atoms with Gasteiger partial charge in [0.2, 0.25) is 5.95 Å². The minimum atomic E-state index is -0.224. The summed E-state index contributed by atoms with van der Waals surface area (Å²) in [5.41, 5.74) is 8.49. The van der Waals surface area contributed by atoms with Gasteiger partial charge in [0.25, 0.3) is 0 Å². The van der Waals surface area contributed by atoms with Crippen molar-refractivity contribution in [3.63, 3.8) is 0 Å². The molecule has 0 saturated carbocycles. The van der Waals surface area contributed by atoms with Crippen molar-refractivity contribution in [1.82, 2.24) is 19.5 Å². The van der Waals surface area contributed by atoms with Gasteiger partial charge < -0.3 is 20.9 Å². The van der Waals surface area contributed by atoms with Gasteiger partial charge in [0.1, 0.15) is 6.23 Å². The summed E-state index contributed by atoms with van der Waals surface area (Å²) in [6, 6.07) is 10.2. The molecule has 1 aromatic carbocycles. The van der Waals surface area contributed by atoms with Crippen LogP contribution in [0.2, 0.25) is 0 Å². The lowest BCUT2D eigenvalue weighted by Crippen LogP contribution is -2.16. The largest absolute Gasteiger partial charge is 0.394 e. The van der Waals surface area contributed by atoms with Crippen LogP contribution in [0.25, 0.3) is 11.2 Å². The van der Waals surface area contributed by atoms with E-state index in [0.717, 1.165) is 12.8 Å². The minimum absolute atomic E-state index is 0.0108. The summed E-state index contributed by atoms with van der Waals surface area (Å²) in [4.78, 5) is 13.2. The fraction of sp³-hybridized carbons (Fsp3) is 0.421. The first-order valence-electron chi connectivity index (χ1n) is 9.20. The number of aliphatic hydroxyl groups excluding tert-OH is 1. The van der Waals surface area contributed by atoms with Crippen molar-refractivity contribution in [2.24, 2.45) is 5.92 Å². The molecule has 3 atom stereocenters. The monoisotopic (exact) mass is 368 g/mol. The minimum Gasteiger partial charge on any atom is -0.394 e. The molecule has 142 valence electrons. The number of aliphatic hydroxyl groups is 1. The number of imidazole rings is 1. The first-order chi connectivity index (χ1) is 13.2. The lowest BCUT2D eigenvalue weighted by atomic mass is 10.1.